The summed E-state index contributed by atoms with van der Waals surface area (Å²) in [6, 6.07) is -5.08. The maximum Gasteiger partial charge on any atom is 0.326 e. The number of carboxylic acid groups (broad SMARTS) is 2. The van der Waals surface area contributed by atoms with E-state index in [0.29, 0.717) is 18.5 Å². The van der Waals surface area contributed by atoms with Crippen molar-refractivity contribution in [3.05, 3.63) is 18.2 Å². The standard InChI is InChI=1S/C18H26N6O8/c19-10(7-25)17(30)24-3-1-2-13(24)16(29)22-11(4-9-6-20-8-21-9)15(28)23-12(18(31)32)5-14(26)27/h6,8,10-13,25H,1-5,7,19H2,(H,20,21)(H,22,29)(H,23,28)(H,26,27)(H,31,32). The molecule has 1 aromatic rings. The lowest BCUT2D eigenvalue weighted by Gasteiger charge is -2.28. The van der Waals surface area contributed by atoms with Crippen molar-refractivity contribution in [3.8, 4) is 0 Å². The largest absolute Gasteiger partial charge is 0.481 e. The fourth-order valence-electron chi connectivity index (χ4n) is 3.33. The second-order valence-corrected chi connectivity index (χ2v) is 7.32. The summed E-state index contributed by atoms with van der Waals surface area (Å²) < 4.78 is 0. The molecule has 0 saturated carbocycles. The Balaban J connectivity index is 2.16. The van der Waals surface area contributed by atoms with Crippen LogP contribution in [0.15, 0.2) is 12.5 Å². The van der Waals surface area contributed by atoms with Crippen LogP contribution in [0.25, 0.3) is 0 Å². The number of likely N-dealkylation sites (tertiary alicyclic amines) is 1. The summed E-state index contributed by atoms with van der Waals surface area (Å²) >= 11 is 0. The van der Waals surface area contributed by atoms with Gasteiger partial charge in [0.2, 0.25) is 17.7 Å². The van der Waals surface area contributed by atoms with Crippen molar-refractivity contribution < 1.29 is 39.3 Å². The number of aliphatic hydroxyl groups is 1. The molecule has 4 unspecified atom stereocenters. The fraction of sp³-hybridized carbons (Fsp3) is 0.556. The first-order chi connectivity index (χ1) is 15.1. The zero-order chi connectivity index (χ0) is 23.8. The third kappa shape index (κ3) is 6.49. The van der Waals surface area contributed by atoms with Gasteiger partial charge in [0.1, 0.15) is 24.2 Å². The first-order valence-corrected chi connectivity index (χ1v) is 9.83. The lowest BCUT2D eigenvalue weighted by Crippen LogP contribution is -2.57. The molecule has 2 heterocycles. The molecule has 1 aromatic heterocycles. The van der Waals surface area contributed by atoms with E-state index in [-0.39, 0.29) is 13.0 Å². The van der Waals surface area contributed by atoms with Crippen LogP contribution in [-0.2, 0) is 30.4 Å². The van der Waals surface area contributed by atoms with Gasteiger partial charge in [0.15, 0.2) is 0 Å². The Labute approximate surface area is 182 Å². The van der Waals surface area contributed by atoms with Gasteiger partial charge in [0.25, 0.3) is 0 Å². The Bertz CT molecular complexity index is 845. The number of nitrogens with one attached hydrogen (secondary N) is 3. The second-order valence-electron chi connectivity index (χ2n) is 7.32. The van der Waals surface area contributed by atoms with Crippen LogP contribution in [0.3, 0.4) is 0 Å². The number of rotatable bonds is 11. The summed E-state index contributed by atoms with van der Waals surface area (Å²) in [4.78, 5) is 68.0. The topological polar surface area (TPSA) is 228 Å². The highest BCUT2D eigenvalue weighted by Gasteiger charge is 2.38. The second kappa shape index (κ2) is 11.2. The van der Waals surface area contributed by atoms with Crippen LogP contribution in [0.5, 0.6) is 0 Å². The maximum atomic E-state index is 12.9. The molecule has 1 aliphatic heterocycles. The molecule has 0 spiro atoms. The number of aliphatic hydroxyl groups excluding tert-OH is 1. The van der Waals surface area contributed by atoms with Gasteiger partial charge in [-0.15, -0.1) is 0 Å². The number of aromatic amines is 1. The number of H-pyrrole nitrogens is 1. The van der Waals surface area contributed by atoms with Gasteiger partial charge >= 0.3 is 11.9 Å². The third-order valence-electron chi connectivity index (χ3n) is 4.96. The highest BCUT2D eigenvalue weighted by Crippen LogP contribution is 2.18. The Morgan fingerprint density at radius 2 is 1.94 bits per heavy atom. The van der Waals surface area contributed by atoms with Crippen molar-refractivity contribution in [1.29, 1.82) is 0 Å². The van der Waals surface area contributed by atoms with E-state index in [0.717, 1.165) is 0 Å². The van der Waals surface area contributed by atoms with E-state index >= 15 is 0 Å². The molecule has 0 radical (unpaired) electrons. The number of carbonyl (C=O) groups is 5. The van der Waals surface area contributed by atoms with Crippen LogP contribution >= 0.6 is 0 Å². The van der Waals surface area contributed by atoms with E-state index < -0.39 is 66.9 Å². The Morgan fingerprint density at radius 3 is 2.50 bits per heavy atom. The molecule has 1 fully saturated rings. The molecule has 176 valence electrons. The lowest BCUT2D eigenvalue weighted by atomic mass is 10.1. The van der Waals surface area contributed by atoms with E-state index in [1.165, 1.54) is 17.4 Å². The first kappa shape index (κ1) is 24.7. The van der Waals surface area contributed by atoms with Crippen molar-refractivity contribution >= 4 is 29.7 Å². The maximum absolute atomic E-state index is 12.9. The number of aliphatic carboxylic acids is 2. The van der Waals surface area contributed by atoms with E-state index in [1.807, 2.05) is 0 Å². The zero-order valence-electron chi connectivity index (χ0n) is 17.1. The number of hydrogen-bond acceptors (Lipinski definition) is 8. The molecule has 1 saturated heterocycles. The molecule has 1 aliphatic rings. The Hall–Kier alpha value is -3.52. The van der Waals surface area contributed by atoms with Crippen LogP contribution in [0.1, 0.15) is 25.0 Å². The zero-order valence-corrected chi connectivity index (χ0v) is 17.1. The average Bonchev–Trinajstić information content (AvgIpc) is 3.43. The number of imidazole rings is 1. The minimum atomic E-state index is -1.70. The van der Waals surface area contributed by atoms with Crippen molar-refractivity contribution in [3.63, 3.8) is 0 Å². The van der Waals surface area contributed by atoms with Gasteiger partial charge in [-0.2, -0.15) is 0 Å². The number of amides is 3. The van der Waals surface area contributed by atoms with Gasteiger partial charge in [-0.05, 0) is 12.8 Å². The molecule has 2 rings (SSSR count). The minimum Gasteiger partial charge on any atom is -0.481 e. The molecule has 8 N–H and O–H groups in total. The Morgan fingerprint density at radius 1 is 1.22 bits per heavy atom. The molecule has 32 heavy (non-hydrogen) atoms. The number of carboxylic acids is 2. The minimum absolute atomic E-state index is 0.0895. The normalized spacial score (nSPS) is 18.4. The van der Waals surface area contributed by atoms with Crippen LogP contribution in [0.4, 0.5) is 0 Å². The van der Waals surface area contributed by atoms with E-state index in [2.05, 4.69) is 20.6 Å². The van der Waals surface area contributed by atoms with Crippen LogP contribution in [0, 0.1) is 0 Å². The van der Waals surface area contributed by atoms with Gasteiger partial charge in [-0.3, -0.25) is 19.2 Å². The quantitative estimate of drug-likeness (QED) is 0.177. The fourth-order valence-corrected chi connectivity index (χ4v) is 3.33. The smallest absolute Gasteiger partial charge is 0.326 e. The van der Waals surface area contributed by atoms with Crippen LogP contribution in [0.2, 0.25) is 0 Å². The molecule has 0 bridgehead atoms. The van der Waals surface area contributed by atoms with Gasteiger partial charge in [-0.1, -0.05) is 0 Å². The highest BCUT2D eigenvalue weighted by molar-refractivity contribution is 5.95. The summed E-state index contributed by atoms with van der Waals surface area (Å²) in [5.41, 5.74) is 6.03. The predicted octanol–water partition coefficient (Wildman–Crippen LogP) is -3.21. The summed E-state index contributed by atoms with van der Waals surface area (Å²) in [7, 11) is 0. The van der Waals surface area contributed by atoms with Crippen molar-refractivity contribution in [2.24, 2.45) is 5.73 Å². The van der Waals surface area contributed by atoms with Gasteiger partial charge in [0.05, 0.1) is 19.4 Å². The lowest BCUT2D eigenvalue weighted by molar-refractivity contribution is -0.147. The highest BCUT2D eigenvalue weighted by atomic mass is 16.4. The molecule has 4 atom stereocenters. The summed E-state index contributed by atoms with van der Waals surface area (Å²) in [6.07, 6.45) is 2.64. The molecule has 14 heteroatoms. The van der Waals surface area contributed by atoms with E-state index in [9.17, 15) is 29.1 Å². The average molecular weight is 454 g/mol. The predicted molar refractivity (Wildman–Crippen MR) is 106 cm³/mol. The monoisotopic (exact) mass is 454 g/mol. The van der Waals surface area contributed by atoms with Crippen LogP contribution in [-0.4, -0.2) is 97.2 Å². The third-order valence-corrected chi connectivity index (χ3v) is 4.96. The summed E-state index contributed by atoms with van der Waals surface area (Å²) in [5.74, 6) is -5.15. The van der Waals surface area contributed by atoms with Crippen molar-refractivity contribution in [1.82, 2.24) is 25.5 Å². The first-order valence-electron chi connectivity index (χ1n) is 9.83. The van der Waals surface area contributed by atoms with Gasteiger partial charge < -0.3 is 41.6 Å². The van der Waals surface area contributed by atoms with Crippen molar-refractivity contribution in [2.45, 2.75) is 49.9 Å². The van der Waals surface area contributed by atoms with Gasteiger partial charge in [0, 0.05) is 24.9 Å². The number of hydrogen-bond donors (Lipinski definition) is 7. The molecule has 0 aliphatic carbocycles. The molecule has 0 aromatic carbocycles. The molecular weight excluding hydrogens is 428 g/mol. The summed E-state index contributed by atoms with van der Waals surface area (Å²) in [5, 5.41) is 31.8. The summed E-state index contributed by atoms with van der Waals surface area (Å²) in [6.45, 7) is -0.337. The number of aromatic nitrogens is 2. The van der Waals surface area contributed by atoms with Crippen LogP contribution < -0.4 is 16.4 Å². The molecular formula is C18H26N6O8. The Kier molecular flexibility index (Phi) is 8.66. The van der Waals surface area contributed by atoms with E-state index in [4.69, 9.17) is 15.9 Å². The van der Waals surface area contributed by atoms with E-state index in [1.54, 1.807) is 0 Å². The molecule has 3 amide bonds. The van der Waals surface area contributed by atoms with Crippen molar-refractivity contribution in [2.75, 3.05) is 13.2 Å². The molecule has 14 nitrogen and oxygen atoms in total. The number of nitrogens with two attached hydrogens (primary N) is 1. The number of carbonyl (C=O) groups excluding carboxylic acids is 3. The van der Waals surface area contributed by atoms with Gasteiger partial charge in [-0.25, -0.2) is 9.78 Å². The SMILES string of the molecule is NC(CO)C(=O)N1CCCC1C(=O)NC(Cc1cnc[nH]1)C(=O)NC(CC(=O)O)C(=O)O. The number of nitrogens with zero attached hydrogens (tertiary/aromatic N) is 2.